The van der Waals surface area contributed by atoms with Crippen LogP contribution in [0.4, 0.5) is 0 Å². The second kappa shape index (κ2) is 5.64. The number of carbonyl (C=O) groups is 1. The Morgan fingerprint density at radius 2 is 2.00 bits per heavy atom. The van der Waals surface area contributed by atoms with Crippen molar-refractivity contribution in [3.63, 3.8) is 0 Å². The first-order chi connectivity index (χ1) is 7.43. The van der Waals surface area contributed by atoms with Crippen molar-refractivity contribution >= 4 is 5.91 Å². The number of hydrogen-bond acceptors (Lipinski definition) is 3. The fraction of sp³-hybridized carbons (Fsp3) is 0.917. The Hall–Kier alpha value is -0.610. The van der Waals surface area contributed by atoms with Gasteiger partial charge in [0.25, 0.3) is 0 Å². The number of rotatable bonds is 4. The molecular weight excluding hydrogens is 204 g/mol. The van der Waals surface area contributed by atoms with Gasteiger partial charge in [0.15, 0.2) is 0 Å². The minimum atomic E-state index is -0.105. The maximum Gasteiger partial charge on any atom is 0.221 e. The normalized spacial score (nSPS) is 21.8. The van der Waals surface area contributed by atoms with Gasteiger partial charge in [-0.25, -0.2) is 0 Å². The Balaban J connectivity index is 2.38. The standard InChI is InChI=1S/C12H24N2O2/c1-9(2)10(13)8-11(15)14-12(3)4-6-16-7-5-12/h9-10H,4-8,13H2,1-3H3,(H,14,15). The summed E-state index contributed by atoms with van der Waals surface area (Å²) < 4.78 is 5.29. The Morgan fingerprint density at radius 1 is 1.44 bits per heavy atom. The number of nitrogens with two attached hydrogens (primary N) is 1. The number of ether oxygens (including phenoxy) is 1. The number of nitrogens with one attached hydrogen (secondary N) is 1. The molecule has 3 N–H and O–H groups in total. The van der Waals surface area contributed by atoms with Gasteiger partial charge >= 0.3 is 0 Å². The average Bonchev–Trinajstić information content (AvgIpc) is 2.17. The summed E-state index contributed by atoms with van der Waals surface area (Å²) in [7, 11) is 0. The zero-order valence-electron chi connectivity index (χ0n) is 10.6. The lowest BCUT2D eigenvalue weighted by Crippen LogP contribution is -2.50. The Kier molecular flexibility index (Phi) is 4.74. The smallest absolute Gasteiger partial charge is 0.221 e. The third-order valence-corrected chi connectivity index (χ3v) is 3.31. The molecule has 1 rings (SSSR count). The molecule has 1 aliphatic rings. The summed E-state index contributed by atoms with van der Waals surface area (Å²) in [6.45, 7) is 7.61. The van der Waals surface area contributed by atoms with E-state index in [0.717, 1.165) is 26.1 Å². The van der Waals surface area contributed by atoms with E-state index in [0.29, 0.717) is 12.3 Å². The van der Waals surface area contributed by atoms with Crippen molar-refractivity contribution in [1.82, 2.24) is 5.32 Å². The van der Waals surface area contributed by atoms with E-state index >= 15 is 0 Å². The molecular formula is C12H24N2O2. The molecule has 1 heterocycles. The van der Waals surface area contributed by atoms with E-state index in [1.165, 1.54) is 0 Å². The van der Waals surface area contributed by atoms with E-state index < -0.39 is 0 Å². The SMILES string of the molecule is CC(C)C(N)CC(=O)NC1(C)CCOCC1. The fourth-order valence-electron chi connectivity index (χ4n) is 1.78. The van der Waals surface area contributed by atoms with Gasteiger partial charge in [-0.3, -0.25) is 4.79 Å². The Bertz CT molecular complexity index is 235. The molecule has 0 radical (unpaired) electrons. The van der Waals surface area contributed by atoms with Crippen molar-refractivity contribution in [2.75, 3.05) is 13.2 Å². The first-order valence-corrected chi connectivity index (χ1v) is 6.07. The van der Waals surface area contributed by atoms with Crippen molar-refractivity contribution < 1.29 is 9.53 Å². The largest absolute Gasteiger partial charge is 0.381 e. The molecule has 0 bridgehead atoms. The van der Waals surface area contributed by atoms with Crippen LogP contribution in [0.15, 0.2) is 0 Å². The minimum Gasteiger partial charge on any atom is -0.381 e. The predicted octanol–water partition coefficient (Wildman–Crippen LogP) is 1.05. The molecule has 0 saturated carbocycles. The highest BCUT2D eigenvalue weighted by Crippen LogP contribution is 2.20. The van der Waals surface area contributed by atoms with Crippen LogP contribution in [-0.4, -0.2) is 30.7 Å². The van der Waals surface area contributed by atoms with Crippen LogP contribution in [0.1, 0.15) is 40.0 Å². The molecule has 1 aliphatic heterocycles. The van der Waals surface area contributed by atoms with Gasteiger partial charge in [0.05, 0.1) is 0 Å². The molecule has 0 aromatic carbocycles. The fourth-order valence-corrected chi connectivity index (χ4v) is 1.78. The second-order valence-electron chi connectivity index (χ2n) is 5.33. The molecule has 1 atom stereocenters. The van der Waals surface area contributed by atoms with Gasteiger partial charge in [-0.2, -0.15) is 0 Å². The highest BCUT2D eigenvalue weighted by Gasteiger charge is 2.29. The maximum atomic E-state index is 11.8. The first-order valence-electron chi connectivity index (χ1n) is 6.07. The Morgan fingerprint density at radius 3 is 2.50 bits per heavy atom. The van der Waals surface area contributed by atoms with Gasteiger partial charge in [0.2, 0.25) is 5.91 Å². The number of hydrogen-bond donors (Lipinski definition) is 2. The van der Waals surface area contributed by atoms with Crippen molar-refractivity contribution in [2.24, 2.45) is 11.7 Å². The van der Waals surface area contributed by atoms with Crippen molar-refractivity contribution in [2.45, 2.75) is 51.6 Å². The van der Waals surface area contributed by atoms with Crippen LogP contribution < -0.4 is 11.1 Å². The van der Waals surface area contributed by atoms with Crippen LogP contribution in [0, 0.1) is 5.92 Å². The molecule has 1 unspecified atom stereocenters. The quantitative estimate of drug-likeness (QED) is 0.756. The molecule has 16 heavy (non-hydrogen) atoms. The number of amides is 1. The summed E-state index contributed by atoms with van der Waals surface area (Å²) in [5.74, 6) is 0.402. The van der Waals surface area contributed by atoms with Crippen molar-refractivity contribution in [1.29, 1.82) is 0 Å². The molecule has 0 spiro atoms. The second-order valence-corrected chi connectivity index (χ2v) is 5.33. The summed E-state index contributed by atoms with van der Waals surface area (Å²) in [5, 5.41) is 3.08. The van der Waals surface area contributed by atoms with Crippen LogP contribution in [-0.2, 0) is 9.53 Å². The van der Waals surface area contributed by atoms with E-state index in [1.807, 2.05) is 13.8 Å². The van der Waals surface area contributed by atoms with Gasteiger partial charge < -0.3 is 15.8 Å². The predicted molar refractivity (Wildman–Crippen MR) is 64.0 cm³/mol. The van der Waals surface area contributed by atoms with Gasteiger partial charge in [0, 0.05) is 31.2 Å². The molecule has 1 fully saturated rings. The Labute approximate surface area is 97.9 Å². The molecule has 4 heteroatoms. The molecule has 0 aromatic heterocycles. The minimum absolute atomic E-state index is 0.0524. The summed E-state index contributed by atoms with van der Waals surface area (Å²) >= 11 is 0. The average molecular weight is 228 g/mol. The number of carbonyl (C=O) groups excluding carboxylic acids is 1. The van der Waals surface area contributed by atoms with Crippen LogP contribution >= 0.6 is 0 Å². The van der Waals surface area contributed by atoms with Crippen LogP contribution in [0.2, 0.25) is 0 Å². The molecule has 1 amide bonds. The van der Waals surface area contributed by atoms with Gasteiger partial charge in [-0.05, 0) is 25.7 Å². The third-order valence-electron chi connectivity index (χ3n) is 3.31. The molecule has 4 nitrogen and oxygen atoms in total. The van der Waals surface area contributed by atoms with Gasteiger partial charge in [0.1, 0.15) is 0 Å². The monoisotopic (exact) mass is 228 g/mol. The highest BCUT2D eigenvalue weighted by molar-refractivity contribution is 5.77. The summed E-state index contributed by atoms with van der Waals surface area (Å²) in [6.07, 6.45) is 2.18. The van der Waals surface area contributed by atoms with E-state index in [4.69, 9.17) is 10.5 Å². The molecule has 1 saturated heterocycles. The van der Waals surface area contributed by atoms with Crippen molar-refractivity contribution in [3.05, 3.63) is 0 Å². The first kappa shape index (κ1) is 13.5. The van der Waals surface area contributed by atoms with E-state index in [-0.39, 0.29) is 17.5 Å². The molecule has 94 valence electrons. The summed E-state index contributed by atoms with van der Waals surface area (Å²) in [4.78, 5) is 11.8. The third kappa shape index (κ3) is 4.10. The lowest BCUT2D eigenvalue weighted by Gasteiger charge is -2.34. The van der Waals surface area contributed by atoms with Crippen LogP contribution in [0.3, 0.4) is 0 Å². The van der Waals surface area contributed by atoms with Gasteiger partial charge in [-0.15, -0.1) is 0 Å². The highest BCUT2D eigenvalue weighted by atomic mass is 16.5. The zero-order chi connectivity index (χ0) is 12.2. The van der Waals surface area contributed by atoms with Crippen molar-refractivity contribution in [3.8, 4) is 0 Å². The van der Waals surface area contributed by atoms with Crippen LogP contribution in [0.5, 0.6) is 0 Å². The molecule has 0 aliphatic carbocycles. The summed E-state index contributed by atoms with van der Waals surface area (Å²) in [6, 6.07) is -0.0524. The maximum absolute atomic E-state index is 11.8. The lowest BCUT2D eigenvalue weighted by molar-refractivity contribution is -0.124. The topological polar surface area (TPSA) is 64.4 Å². The zero-order valence-corrected chi connectivity index (χ0v) is 10.6. The summed E-state index contributed by atoms with van der Waals surface area (Å²) in [5.41, 5.74) is 5.77. The van der Waals surface area contributed by atoms with Crippen LogP contribution in [0.25, 0.3) is 0 Å². The van der Waals surface area contributed by atoms with E-state index in [1.54, 1.807) is 0 Å². The lowest BCUT2D eigenvalue weighted by atomic mass is 9.91. The van der Waals surface area contributed by atoms with Gasteiger partial charge in [-0.1, -0.05) is 13.8 Å². The van der Waals surface area contributed by atoms with E-state index in [2.05, 4.69) is 12.2 Å². The van der Waals surface area contributed by atoms with E-state index in [9.17, 15) is 4.79 Å². The molecule has 0 aromatic rings.